The maximum absolute atomic E-state index is 3.45. The van der Waals surface area contributed by atoms with Crippen molar-refractivity contribution in [3.8, 4) is 0 Å². The van der Waals surface area contributed by atoms with Crippen molar-refractivity contribution in [2.24, 2.45) is 0 Å². The number of nitrogens with one attached hydrogen (secondary N) is 1. The molecule has 0 aromatic heterocycles. The van der Waals surface area contributed by atoms with Crippen LogP contribution in [0.5, 0.6) is 0 Å². The van der Waals surface area contributed by atoms with Crippen LogP contribution in [0, 0.1) is 0 Å². The Morgan fingerprint density at radius 3 is 2.64 bits per heavy atom. The van der Waals surface area contributed by atoms with Crippen LogP contribution < -0.4 is 5.32 Å². The van der Waals surface area contributed by atoms with Gasteiger partial charge in [-0.15, -0.1) is 0 Å². The molecule has 1 atom stereocenters. The molecule has 11 heavy (non-hydrogen) atoms. The maximum Gasteiger partial charge on any atom is 0.0144 e. The third kappa shape index (κ3) is 8.21. The molecule has 0 aliphatic rings. The average molecular weight is 175 g/mol. The molecule has 1 N–H and O–H groups in total. The second kappa shape index (κ2) is 8.41. The fraction of sp³-hybridized carbons (Fsp3) is 1.00. The van der Waals surface area contributed by atoms with Gasteiger partial charge in [-0.1, -0.05) is 27.2 Å². The van der Waals surface area contributed by atoms with Crippen LogP contribution in [0.15, 0.2) is 0 Å². The lowest BCUT2D eigenvalue weighted by Gasteiger charge is -2.10. The number of thioether (sulfide) groups is 1. The zero-order valence-electron chi connectivity index (χ0n) is 8.02. The smallest absolute Gasteiger partial charge is 0.0144 e. The predicted octanol–water partition coefficient (Wildman–Crippen LogP) is 2.52. The Hall–Kier alpha value is 0.310. The lowest BCUT2D eigenvalue weighted by molar-refractivity contribution is 0.638. The first-order valence-corrected chi connectivity index (χ1v) is 5.68. The molecule has 0 amide bonds. The van der Waals surface area contributed by atoms with E-state index in [2.05, 4.69) is 26.1 Å². The van der Waals surface area contributed by atoms with Gasteiger partial charge in [-0.05, 0) is 18.7 Å². The fourth-order valence-corrected chi connectivity index (χ4v) is 1.76. The summed E-state index contributed by atoms with van der Waals surface area (Å²) in [6.07, 6.45) is 2.60. The Morgan fingerprint density at radius 1 is 1.36 bits per heavy atom. The van der Waals surface area contributed by atoms with Gasteiger partial charge in [0.15, 0.2) is 0 Å². The van der Waals surface area contributed by atoms with E-state index in [1.54, 1.807) is 0 Å². The van der Waals surface area contributed by atoms with Crippen LogP contribution in [0.2, 0.25) is 0 Å². The van der Waals surface area contributed by atoms with E-state index in [1.165, 1.54) is 31.7 Å². The van der Waals surface area contributed by atoms with Gasteiger partial charge in [-0.3, -0.25) is 0 Å². The molecule has 0 aliphatic carbocycles. The van der Waals surface area contributed by atoms with Crippen molar-refractivity contribution >= 4 is 11.8 Å². The largest absolute Gasteiger partial charge is 0.316 e. The Bertz CT molecular complexity index is 76.0. The van der Waals surface area contributed by atoms with Gasteiger partial charge < -0.3 is 5.32 Å². The summed E-state index contributed by atoms with van der Waals surface area (Å²) in [6.45, 7) is 9.08. The van der Waals surface area contributed by atoms with Crippen LogP contribution in [-0.2, 0) is 0 Å². The minimum Gasteiger partial charge on any atom is -0.316 e. The van der Waals surface area contributed by atoms with E-state index in [4.69, 9.17) is 0 Å². The summed E-state index contributed by atoms with van der Waals surface area (Å²) in [4.78, 5) is 0. The first kappa shape index (κ1) is 11.3. The third-order valence-corrected chi connectivity index (χ3v) is 2.66. The topological polar surface area (TPSA) is 12.0 Å². The summed E-state index contributed by atoms with van der Waals surface area (Å²) in [5.41, 5.74) is 0. The lowest BCUT2D eigenvalue weighted by atomic mass is 10.3. The minimum atomic E-state index is 0.775. The van der Waals surface area contributed by atoms with Crippen molar-refractivity contribution in [2.45, 2.75) is 38.9 Å². The molecule has 2 heteroatoms. The molecule has 0 heterocycles. The molecule has 1 nitrogen and oxygen atoms in total. The van der Waals surface area contributed by atoms with Gasteiger partial charge in [0.05, 0.1) is 0 Å². The van der Waals surface area contributed by atoms with E-state index in [1.807, 2.05) is 11.8 Å². The van der Waals surface area contributed by atoms with Crippen molar-refractivity contribution in [3.05, 3.63) is 0 Å². The highest BCUT2D eigenvalue weighted by molar-refractivity contribution is 7.99. The summed E-state index contributed by atoms with van der Waals surface area (Å²) in [5.74, 6) is 1.23. The van der Waals surface area contributed by atoms with Crippen LogP contribution in [0.1, 0.15) is 33.6 Å². The van der Waals surface area contributed by atoms with Gasteiger partial charge in [-0.2, -0.15) is 11.8 Å². The molecule has 0 radical (unpaired) electrons. The average Bonchev–Trinajstić information content (AvgIpc) is 1.99. The highest BCUT2D eigenvalue weighted by Gasteiger charge is 1.98. The SMILES string of the molecule is CCCCNCC(C)SCC. The molecular weight excluding hydrogens is 154 g/mol. The Labute approximate surface area is 75.3 Å². The zero-order valence-corrected chi connectivity index (χ0v) is 8.84. The summed E-state index contributed by atoms with van der Waals surface area (Å²) >= 11 is 2.03. The van der Waals surface area contributed by atoms with E-state index >= 15 is 0 Å². The van der Waals surface area contributed by atoms with Crippen LogP contribution in [0.25, 0.3) is 0 Å². The number of hydrogen-bond donors (Lipinski definition) is 1. The van der Waals surface area contributed by atoms with Crippen molar-refractivity contribution in [1.29, 1.82) is 0 Å². The molecule has 0 aromatic carbocycles. The van der Waals surface area contributed by atoms with Gasteiger partial charge in [0, 0.05) is 11.8 Å². The standard InChI is InChI=1S/C9H21NS/c1-4-6-7-10-8-9(3)11-5-2/h9-10H,4-8H2,1-3H3. The molecule has 0 bridgehead atoms. The maximum atomic E-state index is 3.45. The molecule has 0 spiro atoms. The second-order valence-corrected chi connectivity index (χ2v) is 4.54. The molecule has 0 rings (SSSR count). The highest BCUT2D eigenvalue weighted by Crippen LogP contribution is 2.07. The van der Waals surface area contributed by atoms with Crippen LogP contribution >= 0.6 is 11.8 Å². The van der Waals surface area contributed by atoms with E-state index < -0.39 is 0 Å². The van der Waals surface area contributed by atoms with Gasteiger partial charge in [0.2, 0.25) is 0 Å². The molecule has 0 aliphatic heterocycles. The van der Waals surface area contributed by atoms with Crippen LogP contribution in [0.3, 0.4) is 0 Å². The number of rotatable bonds is 7. The first-order valence-electron chi connectivity index (χ1n) is 4.63. The molecule has 0 saturated carbocycles. The van der Waals surface area contributed by atoms with E-state index in [9.17, 15) is 0 Å². The summed E-state index contributed by atoms with van der Waals surface area (Å²) in [6, 6.07) is 0. The van der Waals surface area contributed by atoms with Crippen molar-refractivity contribution < 1.29 is 0 Å². The fourth-order valence-electron chi connectivity index (χ4n) is 0.951. The number of hydrogen-bond acceptors (Lipinski definition) is 2. The Balaban J connectivity index is 2.97. The molecule has 68 valence electrons. The van der Waals surface area contributed by atoms with Crippen LogP contribution in [0.4, 0.5) is 0 Å². The van der Waals surface area contributed by atoms with Gasteiger partial charge >= 0.3 is 0 Å². The van der Waals surface area contributed by atoms with Gasteiger partial charge in [0.1, 0.15) is 0 Å². The molecule has 0 saturated heterocycles. The highest BCUT2D eigenvalue weighted by atomic mass is 32.2. The van der Waals surface area contributed by atoms with Crippen molar-refractivity contribution in [1.82, 2.24) is 5.32 Å². The molecule has 1 unspecified atom stereocenters. The Kier molecular flexibility index (Phi) is 8.64. The second-order valence-electron chi connectivity index (χ2n) is 2.82. The Morgan fingerprint density at radius 2 is 2.09 bits per heavy atom. The van der Waals surface area contributed by atoms with E-state index in [0.717, 1.165) is 5.25 Å². The predicted molar refractivity (Wildman–Crippen MR) is 55.4 cm³/mol. The minimum absolute atomic E-state index is 0.775. The van der Waals surface area contributed by atoms with Crippen LogP contribution in [-0.4, -0.2) is 24.1 Å². The summed E-state index contributed by atoms with van der Waals surface area (Å²) in [7, 11) is 0. The summed E-state index contributed by atoms with van der Waals surface area (Å²) in [5, 5.41) is 4.22. The first-order chi connectivity index (χ1) is 5.31. The van der Waals surface area contributed by atoms with E-state index in [-0.39, 0.29) is 0 Å². The van der Waals surface area contributed by atoms with Crippen molar-refractivity contribution in [3.63, 3.8) is 0 Å². The molecular formula is C9H21NS. The third-order valence-electron chi connectivity index (χ3n) is 1.59. The normalized spacial score (nSPS) is 13.4. The lowest BCUT2D eigenvalue weighted by Crippen LogP contribution is -2.23. The van der Waals surface area contributed by atoms with Gasteiger partial charge in [-0.25, -0.2) is 0 Å². The van der Waals surface area contributed by atoms with Crippen molar-refractivity contribution in [2.75, 3.05) is 18.8 Å². The number of unbranched alkanes of at least 4 members (excludes halogenated alkanes) is 1. The molecule has 0 aromatic rings. The molecule has 0 fully saturated rings. The summed E-state index contributed by atoms with van der Waals surface area (Å²) < 4.78 is 0. The monoisotopic (exact) mass is 175 g/mol. The van der Waals surface area contributed by atoms with E-state index in [0.29, 0.717) is 0 Å². The quantitative estimate of drug-likeness (QED) is 0.597. The zero-order chi connectivity index (χ0) is 8.53. The van der Waals surface area contributed by atoms with Gasteiger partial charge in [0.25, 0.3) is 0 Å².